The Morgan fingerprint density at radius 1 is 0.556 bits per heavy atom. The van der Waals surface area contributed by atoms with E-state index in [9.17, 15) is 19.0 Å². The molecule has 0 spiro atoms. The topological polar surface area (TPSA) is 108 Å². The van der Waals surface area contributed by atoms with Crippen molar-refractivity contribution in [2.75, 3.05) is 47.5 Å². The predicted molar refractivity (Wildman–Crippen MR) is 224 cm³/mol. The molecular formula is C44H87NO8P+. The Labute approximate surface area is 333 Å². The first-order valence-corrected chi connectivity index (χ1v) is 23.9. The zero-order valence-corrected chi connectivity index (χ0v) is 36.9. The molecule has 1 N–H and O–H groups in total. The standard InChI is InChI=1S/C44H86NO8P/c1-6-8-10-12-14-16-18-20-22-23-25-26-28-30-32-34-36-43(46)50-40-42(41-52-54(48,49)51-39-38-45(3,4)5)53-44(47)37-35-33-31-29-27-24-21-19-17-15-13-11-9-7-2/h19,21,42H,6-18,20,22-41H2,1-5H3/p+1/b21-19+/t42-/m1/s1. The molecule has 0 bridgehead atoms. The second-order valence-electron chi connectivity index (χ2n) is 16.4. The highest BCUT2D eigenvalue weighted by atomic mass is 31.2. The molecule has 2 atom stereocenters. The first-order valence-electron chi connectivity index (χ1n) is 22.4. The molecule has 0 amide bonds. The van der Waals surface area contributed by atoms with Gasteiger partial charge in [0.25, 0.3) is 0 Å². The van der Waals surface area contributed by atoms with Gasteiger partial charge in [0.2, 0.25) is 0 Å². The molecule has 9 nitrogen and oxygen atoms in total. The summed E-state index contributed by atoms with van der Waals surface area (Å²) in [7, 11) is 1.48. The highest BCUT2D eigenvalue weighted by molar-refractivity contribution is 7.47. The van der Waals surface area contributed by atoms with Crippen LogP contribution in [0.5, 0.6) is 0 Å². The summed E-state index contributed by atoms with van der Waals surface area (Å²) in [6, 6.07) is 0. The number of phosphoric ester groups is 1. The van der Waals surface area contributed by atoms with Crippen LogP contribution in [0.15, 0.2) is 12.2 Å². The number of quaternary nitrogens is 1. The molecule has 0 aromatic carbocycles. The van der Waals surface area contributed by atoms with E-state index in [1.165, 1.54) is 122 Å². The van der Waals surface area contributed by atoms with Crippen LogP contribution in [0.4, 0.5) is 0 Å². The highest BCUT2D eigenvalue weighted by Gasteiger charge is 2.27. The summed E-state index contributed by atoms with van der Waals surface area (Å²) in [4.78, 5) is 35.3. The SMILES string of the molecule is CCCCCCC/C=C/CCCCCCCC(=O)O[C@H](COC(=O)CCCCCCCCCCCCCCCCCC)COP(=O)(O)OCC[N+](C)(C)C. The third-order valence-electron chi connectivity index (χ3n) is 9.80. The molecule has 54 heavy (non-hydrogen) atoms. The molecule has 0 saturated heterocycles. The number of carbonyl (C=O) groups excluding carboxylic acids is 2. The predicted octanol–water partition coefficient (Wildman–Crippen LogP) is 12.6. The van der Waals surface area contributed by atoms with Crippen molar-refractivity contribution in [2.45, 2.75) is 213 Å². The van der Waals surface area contributed by atoms with Crippen LogP contribution < -0.4 is 0 Å². The second kappa shape index (κ2) is 37.3. The number of carbonyl (C=O) groups is 2. The maximum absolute atomic E-state index is 12.7. The van der Waals surface area contributed by atoms with Gasteiger partial charge in [-0.05, 0) is 38.5 Å². The monoisotopic (exact) mass is 789 g/mol. The number of nitrogens with zero attached hydrogens (tertiary/aromatic N) is 1. The quantitative estimate of drug-likeness (QED) is 0.0214. The summed E-state index contributed by atoms with van der Waals surface area (Å²) in [5.74, 6) is -0.798. The van der Waals surface area contributed by atoms with Crippen molar-refractivity contribution in [1.29, 1.82) is 0 Å². The van der Waals surface area contributed by atoms with Crippen molar-refractivity contribution in [2.24, 2.45) is 0 Å². The van der Waals surface area contributed by atoms with Crippen molar-refractivity contribution < 1.29 is 42.1 Å². The number of allylic oxidation sites excluding steroid dienone is 2. The first-order chi connectivity index (χ1) is 26.0. The van der Waals surface area contributed by atoms with Crippen molar-refractivity contribution in [1.82, 2.24) is 0 Å². The number of unbranched alkanes of at least 4 members (excludes halogenated alkanes) is 25. The number of hydrogen-bond acceptors (Lipinski definition) is 7. The van der Waals surface area contributed by atoms with E-state index in [4.69, 9.17) is 18.5 Å². The van der Waals surface area contributed by atoms with Crippen LogP contribution in [0.1, 0.15) is 206 Å². The Kier molecular flexibility index (Phi) is 36.5. The Bertz CT molecular complexity index is 938. The summed E-state index contributed by atoms with van der Waals surface area (Å²) in [6.07, 6.45) is 38.2. The molecule has 10 heteroatoms. The lowest BCUT2D eigenvalue weighted by Crippen LogP contribution is -2.37. The zero-order valence-electron chi connectivity index (χ0n) is 36.0. The lowest BCUT2D eigenvalue weighted by Gasteiger charge is -2.24. The van der Waals surface area contributed by atoms with Crippen LogP contribution in [-0.4, -0.2) is 74.9 Å². The first kappa shape index (κ1) is 52.8. The zero-order chi connectivity index (χ0) is 40.0. The Balaban J connectivity index is 4.33. The van der Waals surface area contributed by atoms with Crippen LogP contribution >= 0.6 is 7.82 Å². The van der Waals surface area contributed by atoms with E-state index in [1.807, 2.05) is 21.1 Å². The fourth-order valence-corrected chi connectivity index (χ4v) is 6.99. The summed E-state index contributed by atoms with van der Waals surface area (Å²) in [5, 5.41) is 0. The lowest BCUT2D eigenvalue weighted by atomic mass is 10.0. The Morgan fingerprint density at radius 2 is 0.944 bits per heavy atom. The molecule has 0 saturated carbocycles. The number of esters is 2. The molecular weight excluding hydrogens is 701 g/mol. The summed E-state index contributed by atoms with van der Waals surface area (Å²) in [6.45, 7) is 4.43. The molecule has 0 radical (unpaired) electrons. The van der Waals surface area contributed by atoms with Gasteiger partial charge in [0.1, 0.15) is 19.8 Å². The molecule has 0 aromatic rings. The van der Waals surface area contributed by atoms with Crippen LogP contribution in [0.3, 0.4) is 0 Å². The molecule has 0 aliphatic rings. The van der Waals surface area contributed by atoms with Crippen LogP contribution in [-0.2, 0) is 32.7 Å². The minimum atomic E-state index is -4.37. The number of hydrogen-bond donors (Lipinski definition) is 1. The van der Waals surface area contributed by atoms with Crippen LogP contribution in [0.2, 0.25) is 0 Å². The van der Waals surface area contributed by atoms with Crippen LogP contribution in [0, 0.1) is 0 Å². The third-order valence-corrected chi connectivity index (χ3v) is 10.8. The summed E-state index contributed by atoms with van der Waals surface area (Å²) >= 11 is 0. The van der Waals surface area contributed by atoms with Gasteiger partial charge < -0.3 is 18.9 Å². The number of phosphoric acid groups is 1. The third kappa shape index (κ3) is 40.4. The van der Waals surface area contributed by atoms with Crippen molar-refractivity contribution in [3.05, 3.63) is 12.2 Å². The average molecular weight is 789 g/mol. The maximum atomic E-state index is 12.7. The molecule has 1 unspecified atom stereocenters. The number of likely N-dealkylation sites (N-methyl/N-ethyl adjacent to an activating group) is 1. The fraction of sp³-hybridized carbons (Fsp3) is 0.909. The van der Waals surface area contributed by atoms with Crippen molar-refractivity contribution in [3.63, 3.8) is 0 Å². The van der Waals surface area contributed by atoms with Crippen LogP contribution in [0.25, 0.3) is 0 Å². The highest BCUT2D eigenvalue weighted by Crippen LogP contribution is 2.43. The second-order valence-corrected chi connectivity index (χ2v) is 17.9. The van der Waals surface area contributed by atoms with Gasteiger partial charge in [-0.2, -0.15) is 0 Å². The smallest absolute Gasteiger partial charge is 0.462 e. The van der Waals surface area contributed by atoms with Gasteiger partial charge in [0.05, 0.1) is 27.7 Å². The van der Waals surface area contributed by atoms with E-state index in [0.717, 1.165) is 51.4 Å². The van der Waals surface area contributed by atoms with Gasteiger partial charge in [0, 0.05) is 12.8 Å². The number of rotatable bonds is 41. The van der Waals surface area contributed by atoms with Crippen molar-refractivity contribution >= 4 is 19.8 Å². The molecule has 0 aromatic heterocycles. The molecule has 320 valence electrons. The number of ether oxygens (including phenoxy) is 2. The van der Waals surface area contributed by atoms with E-state index in [-0.39, 0.29) is 25.6 Å². The molecule has 0 heterocycles. The van der Waals surface area contributed by atoms with Gasteiger partial charge in [-0.1, -0.05) is 167 Å². The molecule has 0 aliphatic heterocycles. The van der Waals surface area contributed by atoms with Crippen molar-refractivity contribution in [3.8, 4) is 0 Å². The van der Waals surface area contributed by atoms with E-state index >= 15 is 0 Å². The fourth-order valence-electron chi connectivity index (χ4n) is 6.24. The molecule has 0 aliphatic carbocycles. The summed E-state index contributed by atoms with van der Waals surface area (Å²) < 4.78 is 34.3. The Morgan fingerprint density at radius 3 is 1.37 bits per heavy atom. The molecule has 0 rings (SSSR count). The van der Waals surface area contributed by atoms with E-state index < -0.39 is 26.5 Å². The molecule has 0 fully saturated rings. The van der Waals surface area contributed by atoms with E-state index in [0.29, 0.717) is 23.9 Å². The van der Waals surface area contributed by atoms with Gasteiger partial charge in [-0.15, -0.1) is 0 Å². The minimum Gasteiger partial charge on any atom is -0.462 e. The van der Waals surface area contributed by atoms with Gasteiger partial charge in [-0.3, -0.25) is 18.6 Å². The van der Waals surface area contributed by atoms with Gasteiger partial charge in [-0.25, -0.2) is 4.57 Å². The van der Waals surface area contributed by atoms with Gasteiger partial charge in [0.15, 0.2) is 6.10 Å². The van der Waals surface area contributed by atoms with E-state index in [2.05, 4.69) is 26.0 Å². The largest absolute Gasteiger partial charge is 0.472 e. The van der Waals surface area contributed by atoms with Gasteiger partial charge >= 0.3 is 19.8 Å². The summed E-state index contributed by atoms with van der Waals surface area (Å²) in [5.41, 5.74) is 0. The Hall–Kier alpha value is -1.25. The lowest BCUT2D eigenvalue weighted by molar-refractivity contribution is -0.870. The normalized spacial score (nSPS) is 13.7. The average Bonchev–Trinajstić information content (AvgIpc) is 3.12. The minimum absolute atomic E-state index is 0.0332. The van der Waals surface area contributed by atoms with E-state index in [1.54, 1.807) is 0 Å². The maximum Gasteiger partial charge on any atom is 0.472 e.